The van der Waals surface area contributed by atoms with Crippen molar-refractivity contribution in [3.05, 3.63) is 46.2 Å². The Hall–Kier alpha value is -2.02. The van der Waals surface area contributed by atoms with Crippen LogP contribution in [0.4, 0.5) is 0 Å². The van der Waals surface area contributed by atoms with E-state index in [1.165, 1.54) is 23.2 Å². The van der Waals surface area contributed by atoms with Crippen molar-refractivity contribution in [3.63, 3.8) is 0 Å². The van der Waals surface area contributed by atoms with E-state index in [9.17, 15) is 9.59 Å². The summed E-state index contributed by atoms with van der Waals surface area (Å²) in [4.78, 5) is 31.0. The first-order valence-corrected chi connectivity index (χ1v) is 6.18. The van der Waals surface area contributed by atoms with Crippen molar-refractivity contribution in [1.29, 1.82) is 0 Å². The van der Waals surface area contributed by atoms with E-state index < -0.39 is 5.97 Å². The summed E-state index contributed by atoms with van der Waals surface area (Å²) in [6.45, 7) is 1.68. The number of carbonyl (C=O) groups is 2. The highest BCUT2D eigenvalue weighted by Gasteiger charge is 2.17. The van der Waals surface area contributed by atoms with E-state index in [1.807, 2.05) is 0 Å². The first-order chi connectivity index (χ1) is 8.99. The maximum atomic E-state index is 12.0. The molecule has 1 N–H and O–H groups in total. The molecule has 0 radical (unpaired) electrons. The number of aromatic carboxylic acids is 1. The molecule has 0 aliphatic rings. The van der Waals surface area contributed by atoms with Crippen LogP contribution in [-0.4, -0.2) is 31.4 Å². The van der Waals surface area contributed by atoms with Gasteiger partial charge in [0, 0.05) is 12.4 Å². The van der Waals surface area contributed by atoms with Gasteiger partial charge in [0.05, 0.1) is 22.9 Å². The van der Waals surface area contributed by atoms with Crippen LogP contribution >= 0.6 is 15.9 Å². The number of hydrogen-bond acceptors (Lipinski definition) is 4. The Labute approximate surface area is 117 Å². The molecule has 2 aromatic rings. The molecule has 0 bridgehead atoms. The molecule has 0 saturated carbocycles. The Bertz CT molecular complexity index is 634. The predicted octanol–water partition coefficient (Wildman–Crippen LogP) is 1.93. The molecule has 0 spiro atoms. The van der Waals surface area contributed by atoms with Crippen LogP contribution < -0.4 is 0 Å². The number of ketones is 1. The standard InChI is InChI=1S/C12H10BrN3O3/c1-7-4-15-9(5-14-7)10(17)6-16-3-2-8(13)11(16)12(18)19/h2-5H,6H2,1H3,(H,18,19). The second kappa shape index (κ2) is 5.31. The molecule has 2 rings (SSSR count). The van der Waals surface area contributed by atoms with E-state index in [0.717, 1.165) is 0 Å². The highest BCUT2D eigenvalue weighted by atomic mass is 79.9. The Morgan fingerprint density at radius 3 is 2.68 bits per heavy atom. The average Bonchev–Trinajstić information content (AvgIpc) is 2.71. The maximum Gasteiger partial charge on any atom is 0.353 e. The van der Waals surface area contributed by atoms with Gasteiger partial charge >= 0.3 is 5.97 Å². The molecule has 0 aromatic carbocycles. The van der Waals surface area contributed by atoms with E-state index in [2.05, 4.69) is 25.9 Å². The molecule has 0 aliphatic carbocycles. The average molecular weight is 324 g/mol. The van der Waals surface area contributed by atoms with Crippen molar-refractivity contribution in [2.45, 2.75) is 13.5 Å². The number of halogens is 1. The van der Waals surface area contributed by atoms with Gasteiger partial charge in [-0.2, -0.15) is 0 Å². The number of carboxylic acid groups (broad SMARTS) is 1. The van der Waals surface area contributed by atoms with Gasteiger partial charge in [0.25, 0.3) is 0 Å². The van der Waals surface area contributed by atoms with Gasteiger partial charge in [-0.25, -0.2) is 9.78 Å². The fourth-order valence-electron chi connectivity index (χ4n) is 1.58. The van der Waals surface area contributed by atoms with Gasteiger partial charge in [-0.15, -0.1) is 0 Å². The molecule has 0 atom stereocenters. The van der Waals surface area contributed by atoms with Crippen molar-refractivity contribution in [2.24, 2.45) is 0 Å². The fraction of sp³-hybridized carbons (Fsp3) is 0.167. The van der Waals surface area contributed by atoms with Crippen LogP contribution in [0, 0.1) is 6.92 Å². The summed E-state index contributed by atoms with van der Waals surface area (Å²) >= 11 is 3.13. The van der Waals surface area contributed by atoms with Gasteiger partial charge in [-0.05, 0) is 28.9 Å². The first kappa shape index (κ1) is 13.4. The van der Waals surface area contributed by atoms with Crippen LogP contribution in [0.5, 0.6) is 0 Å². The van der Waals surface area contributed by atoms with E-state index in [4.69, 9.17) is 5.11 Å². The van der Waals surface area contributed by atoms with Crippen molar-refractivity contribution in [3.8, 4) is 0 Å². The second-order valence-corrected chi connectivity index (χ2v) is 4.77. The second-order valence-electron chi connectivity index (χ2n) is 3.91. The maximum absolute atomic E-state index is 12.0. The Morgan fingerprint density at radius 2 is 2.11 bits per heavy atom. The lowest BCUT2D eigenvalue weighted by Crippen LogP contribution is -2.16. The van der Waals surface area contributed by atoms with Gasteiger partial charge in [0.15, 0.2) is 0 Å². The lowest BCUT2D eigenvalue weighted by Gasteiger charge is -2.05. The normalized spacial score (nSPS) is 10.4. The molecule has 6 nitrogen and oxygen atoms in total. The third-order valence-electron chi connectivity index (χ3n) is 2.50. The van der Waals surface area contributed by atoms with E-state index in [0.29, 0.717) is 10.2 Å². The number of rotatable bonds is 4. The number of carboxylic acids is 1. The molecule has 0 unspecified atom stereocenters. The van der Waals surface area contributed by atoms with E-state index in [-0.39, 0.29) is 23.7 Å². The van der Waals surface area contributed by atoms with Gasteiger partial charge in [-0.3, -0.25) is 9.78 Å². The summed E-state index contributed by atoms with van der Waals surface area (Å²) in [6.07, 6.45) is 4.42. The topological polar surface area (TPSA) is 85.1 Å². The van der Waals surface area contributed by atoms with Gasteiger partial charge in [0.1, 0.15) is 11.4 Å². The highest BCUT2D eigenvalue weighted by molar-refractivity contribution is 9.10. The summed E-state index contributed by atoms with van der Waals surface area (Å²) in [5, 5.41) is 9.07. The highest BCUT2D eigenvalue weighted by Crippen LogP contribution is 2.18. The minimum absolute atomic E-state index is 0.0356. The number of aryl methyl sites for hydroxylation is 1. The number of nitrogens with zero attached hydrogens (tertiary/aromatic N) is 3. The van der Waals surface area contributed by atoms with Gasteiger partial charge in [0.2, 0.25) is 5.78 Å². The molecular weight excluding hydrogens is 314 g/mol. The largest absolute Gasteiger partial charge is 0.477 e. The third kappa shape index (κ3) is 2.87. The first-order valence-electron chi connectivity index (χ1n) is 5.39. The summed E-state index contributed by atoms with van der Waals surface area (Å²) in [5.41, 5.74) is 0.965. The summed E-state index contributed by atoms with van der Waals surface area (Å²) < 4.78 is 1.79. The Kier molecular flexibility index (Phi) is 3.75. The lowest BCUT2D eigenvalue weighted by molar-refractivity contribution is 0.0684. The molecular formula is C12H10BrN3O3. The number of aromatic nitrogens is 3. The van der Waals surface area contributed by atoms with Crippen LogP contribution in [0.3, 0.4) is 0 Å². The number of carbonyl (C=O) groups excluding carboxylic acids is 1. The number of Topliss-reactive ketones (excluding diaryl/α,β-unsaturated/α-hetero) is 1. The zero-order valence-electron chi connectivity index (χ0n) is 10.00. The molecule has 98 valence electrons. The minimum atomic E-state index is -1.10. The molecule has 0 fully saturated rings. The zero-order valence-corrected chi connectivity index (χ0v) is 11.6. The summed E-state index contributed by atoms with van der Waals surface area (Å²) in [7, 11) is 0. The third-order valence-corrected chi connectivity index (χ3v) is 3.14. The van der Waals surface area contributed by atoms with E-state index in [1.54, 1.807) is 13.0 Å². The predicted molar refractivity (Wildman–Crippen MR) is 70.2 cm³/mol. The Balaban J connectivity index is 2.24. The van der Waals surface area contributed by atoms with Gasteiger partial charge < -0.3 is 9.67 Å². The molecule has 19 heavy (non-hydrogen) atoms. The molecule has 2 heterocycles. The van der Waals surface area contributed by atoms with Crippen molar-refractivity contribution >= 4 is 27.7 Å². The lowest BCUT2D eigenvalue weighted by atomic mass is 10.3. The van der Waals surface area contributed by atoms with Crippen LogP contribution in [-0.2, 0) is 6.54 Å². The quantitative estimate of drug-likeness (QED) is 0.869. The smallest absolute Gasteiger partial charge is 0.353 e. The minimum Gasteiger partial charge on any atom is -0.477 e. The molecule has 2 aromatic heterocycles. The Morgan fingerprint density at radius 1 is 1.37 bits per heavy atom. The van der Waals surface area contributed by atoms with Crippen molar-refractivity contribution in [1.82, 2.24) is 14.5 Å². The van der Waals surface area contributed by atoms with Crippen LogP contribution in [0.1, 0.15) is 26.7 Å². The molecule has 0 saturated heterocycles. The summed E-state index contributed by atoms with van der Waals surface area (Å²) in [6, 6.07) is 1.58. The van der Waals surface area contributed by atoms with Crippen LogP contribution in [0.15, 0.2) is 29.1 Å². The monoisotopic (exact) mass is 323 g/mol. The van der Waals surface area contributed by atoms with Crippen molar-refractivity contribution < 1.29 is 14.7 Å². The van der Waals surface area contributed by atoms with Crippen LogP contribution in [0.2, 0.25) is 0 Å². The molecule has 0 aliphatic heterocycles. The van der Waals surface area contributed by atoms with Gasteiger partial charge in [-0.1, -0.05) is 0 Å². The SMILES string of the molecule is Cc1cnc(C(=O)Cn2ccc(Br)c2C(=O)O)cn1. The molecule has 0 amide bonds. The van der Waals surface area contributed by atoms with Crippen molar-refractivity contribution in [2.75, 3.05) is 0 Å². The zero-order chi connectivity index (χ0) is 14.0. The summed E-state index contributed by atoms with van der Waals surface area (Å²) in [5.74, 6) is -1.39. The van der Waals surface area contributed by atoms with Crippen LogP contribution in [0.25, 0.3) is 0 Å². The molecule has 7 heteroatoms. The number of hydrogen-bond donors (Lipinski definition) is 1. The van der Waals surface area contributed by atoms with E-state index >= 15 is 0 Å². The fourth-order valence-corrected chi connectivity index (χ4v) is 2.09.